The molecule has 0 fully saturated rings. The standard InChI is InChI=1S/C18H16F2N2O2/c19-13-5-6-14(15(20)8-13)17(23)10-21-9-12-7-11-3-1-2-4-16(11)22-18(12)24/h1-8,17,21,23H,9-10H2,(H,22,24)/p+1/t17-/m0/s1. The van der Waals surface area contributed by atoms with E-state index in [1.54, 1.807) is 11.4 Å². The molecule has 0 saturated carbocycles. The monoisotopic (exact) mass is 331 g/mol. The summed E-state index contributed by atoms with van der Waals surface area (Å²) in [6.45, 7) is 0.509. The number of H-pyrrole nitrogens is 1. The number of rotatable bonds is 5. The second-order valence-corrected chi connectivity index (χ2v) is 5.62. The Morgan fingerprint density at radius 2 is 1.92 bits per heavy atom. The Labute approximate surface area is 136 Å². The molecule has 0 aliphatic carbocycles. The number of aromatic amines is 1. The molecule has 1 atom stereocenters. The number of hydrogen-bond donors (Lipinski definition) is 3. The van der Waals surface area contributed by atoms with Crippen molar-refractivity contribution in [1.82, 2.24) is 4.98 Å². The molecule has 3 aromatic rings. The molecule has 4 nitrogen and oxygen atoms in total. The molecule has 2 aromatic carbocycles. The summed E-state index contributed by atoms with van der Waals surface area (Å²) in [7, 11) is 0. The Morgan fingerprint density at radius 3 is 2.71 bits per heavy atom. The average Bonchev–Trinajstić information content (AvgIpc) is 2.55. The minimum atomic E-state index is -1.08. The molecule has 3 rings (SSSR count). The summed E-state index contributed by atoms with van der Waals surface area (Å²) in [5.74, 6) is -1.46. The van der Waals surface area contributed by atoms with Gasteiger partial charge in [0, 0.05) is 17.1 Å². The predicted molar refractivity (Wildman–Crippen MR) is 86.4 cm³/mol. The minimum absolute atomic E-state index is 0.0417. The average molecular weight is 331 g/mol. The Kier molecular flexibility index (Phi) is 4.69. The van der Waals surface area contributed by atoms with Gasteiger partial charge in [-0.1, -0.05) is 24.3 Å². The van der Waals surface area contributed by atoms with Crippen LogP contribution in [0.5, 0.6) is 0 Å². The highest BCUT2D eigenvalue weighted by Gasteiger charge is 2.15. The highest BCUT2D eigenvalue weighted by molar-refractivity contribution is 5.78. The number of aromatic nitrogens is 1. The van der Waals surface area contributed by atoms with Crippen LogP contribution in [0.25, 0.3) is 10.9 Å². The largest absolute Gasteiger partial charge is 0.382 e. The molecule has 124 valence electrons. The molecule has 0 aliphatic rings. The number of para-hydroxylation sites is 1. The SMILES string of the molecule is O=c1[nH]c2ccccc2cc1C[NH2+]C[C@H](O)c1ccc(F)cc1F. The third-order valence-corrected chi connectivity index (χ3v) is 3.91. The zero-order valence-electron chi connectivity index (χ0n) is 12.8. The summed E-state index contributed by atoms with van der Waals surface area (Å²) in [6.07, 6.45) is -1.08. The third kappa shape index (κ3) is 3.50. The summed E-state index contributed by atoms with van der Waals surface area (Å²) in [5.41, 5.74) is 1.19. The molecular weight excluding hydrogens is 314 g/mol. The normalized spacial score (nSPS) is 12.5. The number of nitrogens with one attached hydrogen (secondary N) is 1. The first-order chi connectivity index (χ1) is 11.5. The van der Waals surface area contributed by atoms with E-state index in [0.29, 0.717) is 12.1 Å². The number of benzene rings is 2. The first-order valence-corrected chi connectivity index (χ1v) is 7.60. The van der Waals surface area contributed by atoms with Gasteiger partial charge in [-0.05, 0) is 23.6 Å². The van der Waals surface area contributed by atoms with Gasteiger partial charge >= 0.3 is 0 Å². The van der Waals surface area contributed by atoms with E-state index >= 15 is 0 Å². The van der Waals surface area contributed by atoms with E-state index in [1.165, 1.54) is 6.07 Å². The van der Waals surface area contributed by atoms with Gasteiger partial charge in [-0.25, -0.2) is 8.78 Å². The lowest BCUT2D eigenvalue weighted by molar-refractivity contribution is -0.677. The van der Waals surface area contributed by atoms with E-state index in [9.17, 15) is 18.7 Å². The molecule has 0 spiro atoms. The highest BCUT2D eigenvalue weighted by Crippen LogP contribution is 2.16. The van der Waals surface area contributed by atoms with Crippen molar-refractivity contribution in [3.63, 3.8) is 0 Å². The summed E-state index contributed by atoms with van der Waals surface area (Å²) >= 11 is 0. The van der Waals surface area contributed by atoms with Crippen LogP contribution < -0.4 is 10.9 Å². The number of aliphatic hydroxyl groups is 1. The first kappa shape index (κ1) is 16.3. The van der Waals surface area contributed by atoms with Crippen LogP contribution in [0, 0.1) is 11.6 Å². The Bertz CT molecular complexity index is 924. The number of fused-ring (bicyclic) bond motifs is 1. The molecular formula is C18H17F2N2O2+. The zero-order valence-corrected chi connectivity index (χ0v) is 12.8. The molecule has 4 N–H and O–H groups in total. The fourth-order valence-corrected chi connectivity index (χ4v) is 2.64. The van der Waals surface area contributed by atoms with E-state index < -0.39 is 17.7 Å². The molecule has 0 unspecified atom stereocenters. The summed E-state index contributed by atoms with van der Waals surface area (Å²) in [5, 5.41) is 12.7. The number of aliphatic hydroxyl groups excluding tert-OH is 1. The second-order valence-electron chi connectivity index (χ2n) is 5.62. The van der Waals surface area contributed by atoms with E-state index in [4.69, 9.17) is 0 Å². The van der Waals surface area contributed by atoms with Gasteiger partial charge in [0.25, 0.3) is 5.56 Å². The molecule has 0 amide bonds. The number of nitrogens with two attached hydrogens (primary N) is 1. The molecule has 1 aromatic heterocycles. The van der Waals surface area contributed by atoms with Crippen molar-refractivity contribution < 1.29 is 19.2 Å². The third-order valence-electron chi connectivity index (χ3n) is 3.91. The van der Waals surface area contributed by atoms with E-state index in [-0.39, 0.29) is 17.7 Å². The maximum atomic E-state index is 13.6. The second kappa shape index (κ2) is 6.90. The van der Waals surface area contributed by atoms with Gasteiger partial charge in [0.15, 0.2) is 0 Å². The lowest BCUT2D eigenvalue weighted by Crippen LogP contribution is -2.84. The number of quaternary nitrogens is 1. The van der Waals surface area contributed by atoms with Crippen LogP contribution in [-0.4, -0.2) is 16.6 Å². The van der Waals surface area contributed by atoms with Gasteiger partial charge in [0.05, 0.1) is 5.56 Å². The lowest BCUT2D eigenvalue weighted by Gasteiger charge is -2.11. The van der Waals surface area contributed by atoms with Crippen LogP contribution in [0.15, 0.2) is 53.3 Å². The van der Waals surface area contributed by atoms with Crippen molar-refractivity contribution in [1.29, 1.82) is 0 Å². The quantitative estimate of drug-likeness (QED) is 0.665. The van der Waals surface area contributed by atoms with Gasteiger partial charge in [0.2, 0.25) is 0 Å². The van der Waals surface area contributed by atoms with Crippen molar-refractivity contribution in [2.45, 2.75) is 12.6 Å². The molecule has 24 heavy (non-hydrogen) atoms. The predicted octanol–water partition coefficient (Wildman–Crippen LogP) is 1.60. The van der Waals surface area contributed by atoms with E-state index in [1.807, 2.05) is 24.3 Å². The van der Waals surface area contributed by atoms with E-state index in [2.05, 4.69) is 4.98 Å². The van der Waals surface area contributed by atoms with Crippen LogP contribution in [0.2, 0.25) is 0 Å². The molecule has 0 aliphatic heterocycles. The molecule has 0 radical (unpaired) electrons. The van der Waals surface area contributed by atoms with Gasteiger partial charge in [-0.15, -0.1) is 0 Å². The maximum absolute atomic E-state index is 13.6. The number of halogens is 2. The van der Waals surface area contributed by atoms with Crippen molar-refractivity contribution in [2.75, 3.05) is 6.54 Å². The summed E-state index contributed by atoms with van der Waals surface area (Å²) in [4.78, 5) is 14.8. The smallest absolute Gasteiger partial charge is 0.257 e. The first-order valence-electron chi connectivity index (χ1n) is 7.60. The summed E-state index contributed by atoms with van der Waals surface area (Å²) in [6, 6.07) is 12.3. The van der Waals surface area contributed by atoms with Crippen molar-refractivity contribution in [3.05, 3.63) is 81.6 Å². The fourth-order valence-electron chi connectivity index (χ4n) is 2.64. The van der Waals surface area contributed by atoms with Crippen LogP contribution in [0.4, 0.5) is 8.78 Å². The highest BCUT2D eigenvalue weighted by atomic mass is 19.1. The van der Waals surface area contributed by atoms with Gasteiger partial charge in [-0.3, -0.25) is 4.79 Å². The fraction of sp³-hybridized carbons (Fsp3) is 0.167. The molecule has 1 heterocycles. The molecule has 0 saturated heterocycles. The molecule has 0 bridgehead atoms. The van der Waals surface area contributed by atoms with Crippen molar-refractivity contribution >= 4 is 10.9 Å². The Morgan fingerprint density at radius 1 is 1.12 bits per heavy atom. The van der Waals surface area contributed by atoms with Gasteiger partial charge in [-0.2, -0.15) is 0 Å². The zero-order chi connectivity index (χ0) is 17.1. The Hall–Kier alpha value is -2.57. The van der Waals surface area contributed by atoms with E-state index in [0.717, 1.165) is 23.0 Å². The van der Waals surface area contributed by atoms with Crippen LogP contribution >= 0.6 is 0 Å². The van der Waals surface area contributed by atoms with Gasteiger partial charge in [0.1, 0.15) is 30.8 Å². The maximum Gasteiger partial charge on any atom is 0.257 e. The van der Waals surface area contributed by atoms with Crippen LogP contribution in [-0.2, 0) is 6.54 Å². The van der Waals surface area contributed by atoms with Crippen molar-refractivity contribution in [2.24, 2.45) is 0 Å². The Balaban J connectivity index is 1.68. The van der Waals surface area contributed by atoms with Crippen molar-refractivity contribution in [3.8, 4) is 0 Å². The van der Waals surface area contributed by atoms with Crippen LogP contribution in [0.1, 0.15) is 17.2 Å². The van der Waals surface area contributed by atoms with Crippen LogP contribution in [0.3, 0.4) is 0 Å². The molecule has 6 heteroatoms. The number of hydrogen-bond acceptors (Lipinski definition) is 2. The summed E-state index contributed by atoms with van der Waals surface area (Å²) < 4.78 is 26.5. The van der Waals surface area contributed by atoms with Gasteiger partial charge < -0.3 is 15.4 Å². The minimum Gasteiger partial charge on any atom is -0.382 e. The topological polar surface area (TPSA) is 69.7 Å². The lowest BCUT2D eigenvalue weighted by atomic mass is 10.1. The number of pyridine rings is 1.